The minimum atomic E-state index is -0.625. The molecule has 0 radical (unpaired) electrons. The minimum absolute atomic E-state index is 0.0530. The van der Waals surface area contributed by atoms with Crippen LogP contribution in [0.1, 0.15) is 41.6 Å². The molecule has 0 bridgehead atoms. The van der Waals surface area contributed by atoms with Crippen LogP contribution in [0.25, 0.3) is 0 Å². The largest absolute Gasteiger partial charge is 0.465 e. The molecule has 0 saturated heterocycles. The lowest BCUT2D eigenvalue weighted by Gasteiger charge is -2.37. The van der Waals surface area contributed by atoms with Crippen LogP contribution in [-0.2, 0) is 23.7 Å². The van der Waals surface area contributed by atoms with Gasteiger partial charge in [0.2, 0.25) is 6.29 Å². The van der Waals surface area contributed by atoms with E-state index in [9.17, 15) is 14.7 Å². The second kappa shape index (κ2) is 12.3. The van der Waals surface area contributed by atoms with Gasteiger partial charge in [-0.05, 0) is 43.5 Å². The normalized spacial score (nSPS) is 20.8. The number of amides is 1. The summed E-state index contributed by atoms with van der Waals surface area (Å²) >= 11 is 0. The number of benzene rings is 1. The van der Waals surface area contributed by atoms with Gasteiger partial charge in [-0.3, -0.25) is 4.79 Å². The molecule has 30 heavy (non-hydrogen) atoms. The number of carbonyl (C=O) groups is 2. The van der Waals surface area contributed by atoms with Crippen molar-refractivity contribution in [2.45, 2.75) is 32.0 Å². The van der Waals surface area contributed by atoms with Crippen LogP contribution in [0, 0.1) is 5.92 Å². The summed E-state index contributed by atoms with van der Waals surface area (Å²) in [6, 6.07) is 7.07. The number of esters is 1. The average molecular weight is 421 g/mol. The zero-order valence-electron chi connectivity index (χ0n) is 17.8. The van der Waals surface area contributed by atoms with Gasteiger partial charge in [0.05, 0.1) is 19.3 Å². The maximum atomic E-state index is 12.6. The fourth-order valence-corrected chi connectivity index (χ4v) is 3.46. The highest BCUT2D eigenvalue weighted by atomic mass is 16.7. The Labute approximate surface area is 177 Å². The van der Waals surface area contributed by atoms with E-state index in [4.69, 9.17) is 18.9 Å². The molecule has 0 fully saturated rings. The Bertz CT molecular complexity index is 717. The first-order chi connectivity index (χ1) is 14.5. The van der Waals surface area contributed by atoms with E-state index in [-0.39, 0.29) is 30.1 Å². The van der Waals surface area contributed by atoms with Crippen LogP contribution in [0.3, 0.4) is 0 Å². The Morgan fingerprint density at radius 2 is 1.93 bits per heavy atom. The summed E-state index contributed by atoms with van der Waals surface area (Å²) in [5, 5.41) is 12.1. The smallest absolute Gasteiger partial charge is 0.337 e. The van der Waals surface area contributed by atoms with Crippen molar-refractivity contribution in [3.05, 3.63) is 47.2 Å². The van der Waals surface area contributed by atoms with Gasteiger partial charge >= 0.3 is 5.97 Å². The van der Waals surface area contributed by atoms with E-state index in [1.807, 2.05) is 19.1 Å². The maximum absolute atomic E-state index is 12.6. The summed E-state index contributed by atoms with van der Waals surface area (Å²) in [7, 11) is 2.90. The fourth-order valence-electron chi connectivity index (χ4n) is 3.46. The molecule has 0 spiro atoms. The Morgan fingerprint density at radius 1 is 1.20 bits per heavy atom. The Kier molecular flexibility index (Phi) is 9.79. The van der Waals surface area contributed by atoms with Crippen molar-refractivity contribution in [2.24, 2.45) is 5.92 Å². The zero-order valence-corrected chi connectivity index (χ0v) is 17.8. The number of carbonyl (C=O) groups excluding carboxylic acids is 2. The number of hydrogen-bond acceptors (Lipinski definition) is 7. The lowest BCUT2D eigenvalue weighted by molar-refractivity contribution is -0.166. The molecule has 3 atom stereocenters. The highest BCUT2D eigenvalue weighted by Crippen LogP contribution is 2.39. The van der Waals surface area contributed by atoms with E-state index >= 15 is 0 Å². The van der Waals surface area contributed by atoms with Crippen molar-refractivity contribution >= 4 is 11.9 Å². The van der Waals surface area contributed by atoms with Gasteiger partial charge in [-0.2, -0.15) is 0 Å². The van der Waals surface area contributed by atoms with Gasteiger partial charge in [-0.25, -0.2) is 4.79 Å². The topological polar surface area (TPSA) is 103 Å². The van der Waals surface area contributed by atoms with E-state index in [1.165, 1.54) is 7.11 Å². The SMILES string of the molecule is CCOC1OC(C(=O)NCCOC)=CC(c2ccc(C(=O)OC)cc2)C1CCCO. The molecular formula is C22H31NO7. The number of aliphatic hydroxyl groups is 1. The molecular weight excluding hydrogens is 390 g/mol. The third-order valence-electron chi connectivity index (χ3n) is 4.94. The standard InChI is InChI=1S/C22H31NO7/c1-4-29-22-17(6-5-12-24)18(14-19(30-22)20(25)23-11-13-27-2)15-7-9-16(10-8-15)21(26)28-3/h7-10,14,17-18,22,24H,4-6,11-13H2,1-3H3,(H,23,25). The van der Waals surface area contributed by atoms with E-state index < -0.39 is 12.3 Å². The molecule has 1 amide bonds. The average Bonchev–Trinajstić information content (AvgIpc) is 2.77. The van der Waals surface area contributed by atoms with Crippen LogP contribution in [0.2, 0.25) is 0 Å². The molecule has 0 aliphatic carbocycles. The molecule has 1 aromatic carbocycles. The van der Waals surface area contributed by atoms with Crippen LogP contribution in [-0.4, -0.2) is 63.9 Å². The van der Waals surface area contributed by atoms with Crippen molar-refractivity contribution in [2.75, 3.05) is 40.6 Å². The molecule has 1 heterocycles. The number of ether oxygens (including phenoxy) is 4. The molecule has 3 unspecified atom stereocenters. The number of nitrogens with one attached hydrogen (secondary N) is 1. The van der Waals surface area contributed by atoms with Gasteiger partial charge < -0.3 is 29.4 Å². The number of allylic oxidation sites excluding steroid dienone is 1. The summed E-state index contributed by atoms with van der Waals surface area (Å²) in [5.74, 6) is -0.847. The molecule has 0 saturated carbocycles. The second-order valence-electron chi connectivity index (χ2n) is 6.89. The Morgan fingerprint density at radius 3 is 2.53 bits per heavy atom. The van der Waals surface area contributed by atoms with Gasteiger partial charge in [0.15, 0.2) is 5.76 Å². The molecule has 1 aliphatic rings. The molecule has 1 aliphatic heterocycles. The van der Waals surface area contributed by atoms with Crippen molar-refractivity contribution in [3.8, 4) is 0 Å². The summed E-state index contributed by atoms with van der Waals surface area (Å²) in [4.78, 5) is 24.3. The summed E-state index contributed by atoms with van der Waals surface area (Å²) in [5.41, 5.74) is 1.36. The Hall–Kier alpha value is -2.42. The molecule has 1 aromatic rings. The highest BCUT2D eigenvalue weighted by molar-refractivity contribution is 5.92. The summed E-state index contributed by atoms with van der Waals surface area (Å²) in [6.45, 7) is 3.10. The summed E-state index contributed by atoms with van der Waals surface area (Å²) < 4.78 is 21.4. The van der Waals surface area contributed by atoms with E-state index in [0.29, 0.717) is 38.2 Å². The second-order valence-corrected chi connectivity index (χ2v) is 6.89. The lowest BCUT2D eigenvalue weighted by Crippen LogP contribution is -2.39. The van der Waals surface area contributed by atoms with Crippen LogP contribution in [0.15, 0.2) is 36.1 Å². The third kappa shape index (κ3) is 6.29. The van der Waals surface area contributed by atoms with Gasteiger partial charge in [0, 0.05) is 38.7 Å². The molecule has 166 valence electrons. The quantitative estimate of drug-likeness (QED) is 0.416. The molecule has 8 heteroatoms. The number of aliphatic hydroxyl groups excluding tert-OH is 1. The van der Waals surface area contributed by atoms with Crippen LogP contribution < -0.4 is 5.32 Å². The number of rotatable bonds is 11. The van der Waals surface area contributed by atoms with Gasteiger partial charge in [-0.1, -0.05) is 12.1 Å². The van der Waals surface area contributed by atoms with E-state index in [1.54, 1.807) is 25.3 Å². The maximum Gasteiger partial charge on any atom is 0.337 e. The van der Waals surface area contributed by atoms with Crippen LogP contribution in [0.4, 0.5) is 0 Å². The van der Waals surface area contributed by atoms with Gasteiger partial charge in [0.25, 0.3) is 5.91 Å². The summed E-state index contributed by atoms with van der Waals surface area (Å²) in [6.07, 6.45) is 2.39. The molecule has 8 nitrogen and oxygen atoms in total. The molecule has 2 N–H and O–H groups in total. The van der Waals surface area contributed by atoms with Crippen molar-refractivity contribution in [1.82, 2.24) is 5.32 Å². The monoisotopic (exact) mass is 421 g/mol. The van der Waals surface area contributed by atoms with E-state index in [2.05, 4.69) is 5.32 Å². The highest BCUT2D eigenvalue weighted by Gasteiger charge is 2.37. The van der Waals surface area contributed by atoms with Crippen molar-refractivity contribution < 1.29 is 33.6 Å². The van der Waals surface area contributed by atoms with E-state index in [0.717, 1.165) is 5.56 Å². The third-order valence-corrected chi connectivity index (χ3v) is 4.94. The number of methoxy groups -OCH3 is 2. The number of hydrogen-bond donors (Lipinski definition) is 2. The lowest BCUT2D eigenvalue weighted by atomic mass is 9.80. The van der Waals surface area contributed by atoms with Crippen molar-refractivity contribution in [3.63, 3.8) is 0 Å². The van der Waals surface area contributed by atoms with Crippen LogP contribution >= 0.6 is 0 Å². The van der Waals surface area contributed by atoms with Crippen LogP contribution in [0.5, 0.6) is 0 Å². The fraction of sp³-hybridized carbons (Fsp3) is 0.545. The minimum Gasteiger partial charge on any atom is -0.465 e. The van der Waals surface area contributed by atoms with Gasteiger partial charge in [0.1, 0.15) is 0 Å². The molecule has 0 aromatic heterocycles. The first-order valence-electron chi connectivity index (χ1n) is 10.1. The Balaban J connectivity index is 2.35. The predicted molar refractivity (Wildman–Crippen MR) is 110 cm³/mol. The predicted octanol–water partition coefficient (Wildman–Crippen LogP) is 1.98. The van der Waals surface area contributed by atoms with Crippen molar-refractivity contribution in [1.29, 1.82) is 0 Å². The first-order valence-corrected chi connectivity index (χ1v) is 10.1. The molecule has 2 rings (SSSR count). The van der Waals surface area contributed by atoms with Gasteiger partial charge in [-0.15, -0.1) is 0 Å². The zero-order chi connectivity index (χ0) is 21.9. The first kappa shape index (κ1) is 23.9.